The predicted octanol–water partition coefficient (Wildman–Crippen LogP) is 4.44. The van der Waals surface area contributed by atoms with E-state index in [-0.39, 0.29) is 56.6 Å². The smallest absolute Gasteiger partial charge is 0.308 e. The highest BCUT2D eigenvalue weighted by molar-refractivity contribution is 6.55. The van der Waals surface area contributed by atoms with E-state index in [9.17, 15) is 19.2 Å². The van der Waals surface area contributed by atoms with Crippen molar-refractivity contribution in [1.82, 2.24) is 4.90 Å². The zero-order chi connectivity index (χ0) is 20.7. The second-order valence-electron chi connectivity index (χ2n) is 6.85. The second kappa shape index (κ2) is 7.95. The molecule has 0 aromatic heterocycles. The first kappa shape index (κ1) is 22.0. The quantitative estimate of drug-likeness (QED) is 0.284. The maximum Gasteiger partial charge on any atom is 0.308 e. The summed E-state index contributed by atoms with van der Waals surface area (Å²) in [4.78, 5) is 49.4. The number of hydrogen-bond acceptors (Lipinski definition) is 5. The van der Waals surface area contributed by atoms with Crippen LogP contribution in [0, 0.1) is 5.41 Å². The van der Waals surface area contributed by atoms with Crippen LogP contribution >= 0.6 is 46.4 Å². The molecule has 1 heterocycles. The minimum absolute atomic E-state index is 0.134. The van der Waals surface area contributed by atoms with Gasteiger partial charge in [0.1, 0.15) is 0 Å². The molecule has 0 bridgehead atoms. The van der Waals surface area contributed by atoms with Gasteiger partial charge in [0.25, 0.3) is 11.8 Å². The number of Topliss-reactive ketones (excluding diaryl/α,β-unsaturated/α-hetero) is 1. The molecule has 0 unspecified atom stereocenters. The number of rotatable bonds is 5. The van der Waals surface area contributed by atoms with E-state index >= 15 is 0 Å². The summed E-state index contributed by atoms with van der Waals surface area (Å²) >= 11 is 23.9. The van der Waals surface area contributed by atoms with Gasteiger partial charge in [0.2, 0.25) is 0 Å². The van der Waals surface area contributed by atoms with Crippen molar-refractivity contribution in [2.24, 2.45) is 5.41 Å². The number of amides is 2. The first-order chi connectivity index (χ1) is 12.4. The molecule has 0 fully saturated rings. The van der Waals surface area contributed by atoms with Gasteiger partial charge in [-0.25, -0.2) is 0 Å². The molecule has 1 aliphatic heterocycles. The van der Waals surface area contributed by atoms with Crippen molar-refractivity contribution < 1.29 is 23.9 Å². The number of ether oxygens (including phenoxy) is 1. The number of carbonyl (C=O) groups excluding carboxylic acids is 4. The topological polar surface area (TPSA) is 80.8 Å². The summed E-state index contributed by atoms with van der Waals surface area (Å²) in [6.45, 7) is 4.45. The van der Waals surface area contributed by atoms with Gasteiger partial charge in [-0.2, -0.15) is 0 Å². The molecule has 27 heavy (non-hydrogen) atoms. The Morgan fingerprint density at radius 1 is 0.889 bits per heavy atom. The fraction of sp³-hybridized carbons (Fsp3) is 0.412. The van der Waals surface area contributed by atoms with Crippen LogP contribution in [0.5, 0.6) is 0 Å². The molecule has 1 aromatic carbocycles. The standard InChI is InChI=1S/C17H15Cl4NO5/c1-17(2,3)7(23)6-27-8(24)4-5-22-15(25)9-10(16(22)26)12(19)14(21)13(20)11(9)18/h4-6H2,1-3H3. The van der Waals surface area contributed by atoms with E-state index in [1.807, 2.05) is 0 Å². The van der Waals surface area contributed by atoms with Gasteiger partial charge in [-0.3, -0.25) is 24.1 Å². The molecular weight excluding hydrogens is 440 g/mol. The van der Waals surface area contributed by atoms with Gasteiger partial charge in [-0.15, -0.1) is 0 Å². The van der Waals surface area contributed by atoms with Crippen molar-refractivity contribution >= 4 is 70.0 Å². The van der Waals surface area contributed by atoms with Crippen LogP contribution in [-0.2, 0) is 14.3 Å². The number of nitrogens with zero attached hydrogens (tertiary/aromatic N) is 1. The van der Waals surface area contributed by atoms with Crippen LogP contribution in [-0.4, -0.2) is 41.6 Å². The molecule has 0 aliphatic carbocycles. The molecule has 1 aliphatic rings. The van der Waals surface area contributed by atoms with Crippen molar-refractivity contribution in [3.8, 4) is 0 Å². The van der Waals surface area contributed by atoms with E-state index in [4.69, 9.17) is 51.1 Å². The minimum Gasteiger partial charge on any atom is -0.458 e. The van der Waals surface area contributed by atoms with E-state index in [1.165, 1.54) is 0 Å². The Kier molecular flexibility index (Phi) is 6.47. The van der Waals surface area contributed by atoms with Crippen LogP contribution in [0.4, 0.5) is 0 Å². The molecule has 2 rings (SSSR count). The van der Waals surface area contributed by atoms with E-state index in [0.29, 0.717) is 0 Å². The molecule has 6 nitrogen and oxygen atoms in total. The Bertz CT molecular complexity index is 813. The first-order valence-corrected chi connectivity index (χ1v) is 9.30. The van der Waals surface area contributed by atoms with Crippen LogP contribution in [0.2, 0.25) is 20.1 Å². The molecule has 1 aromatic rings. The van der Waals surface area contributed by atoms with Gasteiger partial charge in [0.05, 0.1) is 37.6 Å². The summed E-state index contributed by atoms with van der Waals surface area (Å²) in [6.07, 6.45) is -0.292. The lowest BCUT2D eigenvalue weighted by Gasteiger charge is -2.17. The predicted molar refractivity (Wildman–Crippen MR) is 102 cm³/mol. The highest BCUT2D eigenvalue weighted by Gasteiger charge is 2.41. The van der Waals surface area contributed by atoms with Crippen LogP contribution < -0.4 is 0 Å². The van der Waals surface area contributed by atoms with Gasteiger partial charge in [-0.05, 0) is 0 Å². The number of carbonyl (C=O) groups is 4. The number of benzene rings is 1. The SMILES string of the molecule is CC(C)(C)C(=O)COC(=O)CCN1C(=O)c2c(Cl)c(Cl)c(Cl)c(Cl)c2C1=O. The maximum absolute atomic E-state index is 12.5. The molecule has 2 amide bonds. The lowest BCUT2D eigenvalue weighted by molar-refractivity contribution is -0.150. The van der Waals surface area contributed by atoms with Gasteiger partial charge in [-0.1, -0.05) is 67.2 Å². The summed E-state index contributed by atoms with van der Waals surface area (Å²) in [5.74, 6) is -2.45. The summed E-state index contributed by atoms with van der Waals surface area (Å²) in [5, 5.41) is -0.629. The number of fused-ring (bicyclic) bond motifs is 1. The highest BCUT2D eigenvalue weighted by atomic mass is 35.5. The number of halogens is 4. The van der Waals surface area contributed by atoms with E-state index in [2.05, 4.69) is 0 Å². The average molecular weight is 455 g/mol. The molecule has 0 spiro atoms. The van der Waals surface area contributed by atoms with Gasteiger partial charge in [0, 0.05) is 12.0 Å². The fourth-order valence-electron chi connectivity index (χ4n) is 2.24. The third-order valence-electron chi connectivity index (χ3n) is 3.93. The van der Waals surface area contributed by atoms with Crippen molar-refractivity contribution in [2.75, 3.05) is 13.2 Å². The third-order valence-corrected chi connectivity index (χ3v) is 5.73. The summed E-state index contributed by atoms with van der Waals surface area (Å²) in [6, 6.07) is 0. The Morgan fingerprint density at radius 3 is 1.74 bits per heavy atom. The third kappa shape index (κ3) is 4.24. The Morgan fingerprint density at radius 2 is 1.33 bits per heavy atom. The molecule has 0 saturated heterocycles. The van der Waals surface area contributed by atoms with E-state index in [1.54, 1.807) is 20.8 Å². The molecular formula is C17H15Cl4NO5. The lowest BCUT2D eigenvalue weighted by atomic mass is 9.91. The van der Waals surface area contributed by atoms with Gasteiger partial charge < -0.3 is 4.74 Å². The van der Waals surface area contributed by atoms with Gasteiger partial charge >= 0.3 is 5.97 Å². The second-order valence-corrected chi connectivity index (χ2v) is 8.36. The Hall–Kier alpha value is -1.34. The average Bonchev–Trinajstić information content (AvgIpc) is 2.83. The maximum atomic E-state index is 12.5. The van der Waals surface area contributed by atoms with Crippen molar-refractivity contribution in [3.63, 3.8) is 0 Å². The van der Waals surface area contributed by atoms with Crippen molar-refractivity contribution in [2.45, 2.75) is 27.2 Å². The number of imide groups is 1. The monoisotopic (exact) mass is 453 g/mol. The highest BCUT2D eigenvalue weighted by Crippen LogP contribution is 2.44. The molecule has 10 heteroatoms. The Labute approximate surface area is 175 Å². The van der Waals surface area contributed by atoms with Crippen LogP contribution in [0.25, 0.3) is 0 Å². The van der Waals surface area contributed by atoms with Crippen molar-refractivity contribution in [3.05, 3.63) is 31.2 Å². The summed E-state index contributed by atoms with van der Waals surface area (Å²) < 4.78 is 4.89. The first-order valence-electron chi connectivity index (χ1n) is 7.79. The summed E-state index contributed by atoms with van der Waals surface area (Å²) in [5.41, 5.74) is -0.954. The number of ketones is 1. The van der Waals surface area contributed by atoms with Crippen LogP contribution in [0.3, 0.4) is 0 Å². The zero-order valence-electron chi connectivity index (χ0n) is 14.6. The number of esters is 1. The Balaban J connectivity index is 2.09. The zero-order valence-corrected chi connectivity index (χ0v) is 17.6. The summed E-state index contributed by atoms with van der Waals surface area (Å²) in [7, 11) is 0. The van der Waals surface area contributed by atoms with Crippen molar-refractivity contribution in [1.29, 1.82) is 0 Å². The lowest BCUT2D eigenvalue weighted by Crippen LogP contribution is -2.33. The molecule has 0 atom stereocenters. The molecule has 146 valence electrons. The van der Waals surface area contributed by atoms with E-state index in [0.717, 1.165) is 4.90 Å². The largest absolute Gasteiger partial charge is 0.458 e. The van der Waals surface area contributed by atoms with Crippen LogP contribution in [0.15, 0.2) is 0 Å². The fourth-order valence-corrected chi connectivity index (χ4v) is 3.25. The normalized spacial score (nSPS) is 13.8. The minimum atomic E-state index is -0.737. The van der Waals surface area contributed by atoms with Crippen LogP contribution in [0.1, 0.15) is 47.9 Å². The molecule has 0 saturated carbocycles. The van der Waals surface area contributed by atoms with E-state index < -0.39 is 23.2 Å². The van der Waals surface area contributed by atoms with Gasteiger partial charge in [0.15, 0.2) is 12.4 Å². The molecule has 0 radical (unpaired) electrons. The molecule has 0 N–H and O–H groups in total. The number of hydrogen-bond donors (Lipinski definition) is 0.